The largest absolute Gasteiger partial charge is 0.382 e. The Morgan fingerprint density at radius 3 is 1.59 bits per heavy atom. The van der Waals surface area contributed by atoms with Gasteiger partial charge in [-0.25, -0.2) is 24.2 Å². The zero-order valence-electron chi connectivity index (χ0n) is 49.7. The fourth-order valence-corrected chi connectivity index (χ4v) is 8.84. The fraction of sp³-hybridized carbons (Fsp3) is 0.684. The molecule has 1 N–H and O–H groups in total. The van der Waals surface area contributed by atoms with Crippen LogP contribution in [-0.4, -0.2) is 266 Å². The van der Waals surface area contributed by atoms with Crippen molar-refractivity contribution in [2.45, 2.75) is 64.1 Å². The van der Waals surface area contributed by atoms with Crippen molar-refractivity contribution in [2.75, 3.05) is 190 Å². The molecule has 478 valence electrons. The van der Waals surface area contributed by atoms with Gasteiger partial charge in [-0.3, -0.25) is 24.1 Å². The first-order chi connectivity index (χ1) is 42.1. The van der Waals surface area contributed by atoms with Gasteiger partial charge >= 0.3 is 12.0 Å². The van der Waals surface area contributed by atoms with Crippen molar-refractivity contribution >= 4 is 41.6 Å². The van der Waals surface area contributed by atoms with E-state index in [-0.39, 0.29) is 56.2 Å². The number of rotatable bonds is 44. The molecule has 6 amide bonds. The molecule has 29 nitrogen and oxygen atoms in total. The Bertz CT molecular complexity index is 2420. The fourth-order valence-electron chi connectivity index (χ4n) is 8.84. The second kappa shape index (κ2) is 40.3. The van der Waals surface area contributed by atoms with Gasteiger partial charge in [-0.15, -0.1) is 10.2 Å². The number of ether oxygens (including phenoxy) is 12. The molecule has 1 spiro atoms. The lowest BCUT2D eigenvalue weighted by atomic mass is 9.86. The van der Waals surface area contributed by atoms with Crippen molar-refractivity contribution in [3.8, 4) is 11.3 Å². The number of urea groups is 1. The first kappa shape index (κ1) is 68.9. The van der Waals surface area contributed by atoms with E-state index in [1.165, 1.54) is 4.90 Å². The first-order valence-electron chi connectivity index (χ1n) is 29.5. The summed E-state index contributed by atoms with van der Waals surface area (Å²) in [4.78, 5) is 92.4. The van der Waals surface area contributed by atoms with E-state index in [9.17, 15) is 28.8 Å². The molecule has 4 aliphatic rings. The monoisotopic (exact) mass is 1210 g/mol. The molecule has 29 heteroatoms. The van der Waals surface area contributed by atoms with Gasteiger partial charge in [0.2, 0.25) is 11.9 Å². The number of hydroxylamine groups is 2. The highest BCUT2D eigenvalue weighted by molar-refractivity contribution is 6.07. The Labute approximate surface area is 501 Å². The number of piperidine rings is 1. The van der Waals surface area contributed by atoms with Crippen LogP contribution in [0.4, 0.5) is 10.7 Å². The highest BCUT2D eigenvalue weighted by Gasteiger charge is 2.53. The van der Waals surface area contributed by atoms with Gasteiger partial charge < -0.3 is 76.8 Å². The summed E-state index contributed by atoms with van der Waals surface area (Å²) in [6.45, 7) is 15.8. The van der Waals surface area contributed by atoms with Crippen LogP contribution in [0, 0.1) is 5.92 Å². The summed E-state index contributed by atoms with van der Waals surface area (Å²) in [5.74, 6) is -1.48. The summed E-state index contributed by atoms with van der Waals surface area (Å²) >= 11 is 0. The predicted octanol–water partition coefficient (Wildman–Crippen LogP) is 1.51. The topological polar surface area (TPSA) is 304 Å². The Morgan fingerprint density at radius 1 is 0.616 bits per heavy atom. The number of hydrogen-bond donors (Lipinski definition) is 1. The number of carbonyl (C=O) groups excluding carboxylic acids is 6. The Morgan fingerprint density at radius 2 is 1.09 bits per heavy atom. The molecule has 0 unspecified atom stereocenters. The number of amides is 6. The second-order valence-electron chi connectivity index (χ2n) is 20.0. The van der Waals surface area contributed by atoms with E-state index in [1.54, 1.807) is 24.2 Å². The molecule has 6 heterocycles. The number of nitrogens with one attached hydrogen (secondary N) is 1. The van der Waals surface area contributed by atoms with E-state index < -0.39 is 23.3 Å². The number of benzene rings is 1. The highest BCUT2D eigenvalue weighted by Crippen LogP contribution is 2.32. The lowest BCUT2D eigenvalue weighted by Gasteiger charge is -2.43. The van der Waals surface area contributed by atoms with E-state index in [4.69, 9.17) is 61.7 Å². The van der Waals surface area contributed by atoms with Crippen LogP contribution >= 0.6 is 0 Å². The van der Waals surface area contributed by atoms with Crippen molar-refractivity contribution in [3.05, 3.63) is 54.5 Å². The average Bonchev–Trinajstić information content (AvgIpc) is 1.86. The van der Waals surface area contributed by atoms with Gasteiger partial charge in [0.05, 0.1) is 177 Å². The molecule has 0 aliphatic carbocycles. The maximum absolute atomic E-state index is 13.3. The lowest BCUT2D eigenvalue weighted by Crippen LogP contribution is -2.60. The molecule has 1 aromatic carbocycles. The number of imide groups is 2. The summed E-state index contributed by atoms with van der Waals surface area (Å²) in [6, 6.07) is 9.08. The van der Waals surface area contributed by atoms with Crippen molar-refractivity contribution < 1.29 is 90.4 Å². The molecule has 4 fully saturated rings. The quantitative estimate of drug-likeness (QED) is 0.0476. The molecular formula is C57H86N10O19. The molecule has 7 rings (SSSR count). The third-order valence-electron chi connectivity index (χ3n) is 13.6. The molecule has 86 heavy (non-hydrogen) atoms. The van der Waals surface area contributed by atoms with E-state index in [2.05, 4.69) is 32.5 Å². The molecule has 0 saturated carbocycles. The molecule has 3 aromatic rings. The Hall–Kier alpha value is -6.22. The van der Waals surface area contributed by atoms with E-state index in [0.717, 1.165) is 24.2 Å². The number of nitrogens with zero attached hydrogens (tertiary/aromatic N) is 9. The summed E-state index contributed by atoms with van der Waals surface area (Å²) in [7, 11) is 1.63. The van der Waals surface area contributed by atoms with Crippen molar-refractivity contribution in [1.82, 2.24) is 45.1 Å². The van der Waals surface area contributed by atoms with Gasteiger partial charge in [-0.05, 0) is 24.8 Å². The van der Waals surface area contributed by atoms with E-state index >= 15 is 0 Å². The van der Waals surface area contributed by atoms with Crippen LogP contribution in [0.5, 0.6) is 0 Å². The minimum absolute atomic E-state index is 0.0563. The minimum atomic E-state index is -0.943. The number of carbonyl (C=O) groups is 6. The third-order valence-corrected chi connectivity index (χ3v) is 13.6. The molecule has 4 saturated heterocycles. The van der Waals surface area contributed by atoms with Crippen LogP contribution in [0.1, 0.15) is 51.0 Å². The molecule has 2 aromatic heterocycles. The lowest BCUT2D eigenvalue weighted by molar-refractivity contribution is -0.198. The van der Waals surface area contributed by atoms with Gasteiger partial charge in [0.15, 0.2) is 0 Å². The van der Waals surface area contributed by atoms with Gasteiger partial charge in [0.25, 0.3) is 17.7 Å². The summed E-state index contributed by atoms with van der Waals surface area (Å²) in [5, 5.41) is 11.8. The van der Waals surface area contributed by atoms with Crippen LogP contribution in [0.3, 0.4) is 0 Å². The standard InChI is InChI=1S/C33H43N9O6.C24H43NO13/c1-2-13-46-15-17-48-18-16-47-14-12-41-24-28(37-38-41)26-19-34-31(35-20-26)40-22-27(23-40)29(43)39-10-8-33(9-11-39)30(44)42(32(45)36-33)21-25-6-4-3-5-7-25;1-29-6-7-31-10-11-33-14-15-35-18-19-37-21-20-36-17-16-34-13-12-32-9-8-30-5-4-24(28)38-25-22(26)2-3-23(25)27/h3-7,19-20,24,27H,2,8-18,21-23H2,1H3,(H,36,45);2-21H2,1H3. The molecule has 0 bridgehead atoms. The number of aromatic nitrogens is 5. The van der Waals surface area contributed by atoms with Gasteiger partial charge in [-0.1, -0.05) is 42.5 Å². The molecule has 0 radical (unpaired) electrons. The van der Waals surface area contributed by atoms with Crippen molar-refractivity contribution in [3.63, 3.8) is 0 Å². The van der Waals surface area contributed by atoms with Crippen LogP contribution in [0.15, 0.2) is 48.9 Å². The first-order valence-corrected chi connectivity index (χ1v) is 29.5. The number of likely N-dealkylation sites (tertiary alicyclic amines) is 1. The van der Waals surface area contributed by atoms with E-state index in [0.29, 0.717) is 201 Å². The smallest absolute Gasteiger partial charge is 0.335 e. The normalized spacial score (nSPS) is 15.8. The number of hydrogen-bond acceptors (Lipinski definition) is 24. The van der Waals surface area contributed by atoms with Crippen molar-refractivity contribution in [2.24, 2.45) is 5.92 Å². The Balaban J connectivity index is 0.000000284. The van der Waals surface area contributed by atoms with Crippen molar-refractivity contribution in [1.29, 1.82) is 0 Å². The zero-order chi connectivity index (χ0) is 60.9. The number of methoxy groups -OCH3 is 1. The molecule has 4 aliphatic heterocycles. The predicted molar refractivity (Wildman–Crippen MR) is 304 cm³/mol. The summed E-state index contributed by atoms with van der Waals surface area (Å²) in [6.07, 6.45) is 7.11. The van der Waals surface area contributed by atoms with Gasteiger partial charge in [0, 0.05) is 70.7 Å². The third kappa shape index (κ3) is 24.5. The average molecular weight is 1220 g/mol. The van der Waals surface area contributed by atoms with Crippen LogP contribution in [0.2, 0.25) is 0 Å². The van der Waals surface area contributed by atoms with Gasteiger partial charge in [-0.2, -0.15) is 0 Å². The SMILES string of the molecule is CCCOCCOCCOCCn1cc(-c2cnc(N3CC(C(=O)N4CCC5(CC4)NC(=O)N(Cc4ccccc4)C5=O)C3)nc2)nn1.COCCOCCOCCOCCOCCOCCOCCOCCOCCC(=O)ON1C(=O)CCC1=O. The Kier molecular flexibility index (Phi) is 32.3. The second-order valence-corrected chi connectivity index (χ2v) is 20.0. The van der Waals surface area contributed by atoms with Crippen LogP contribution < -0.4 is 10.2 Å². The van der Waals surface area contributed by atoms with Crippen LogP contribution in [0.25, 0.3) is 11.3 Å². The van der Waals surface area contributed by atoms with Gasteiger partial charge in [0.1, 0.15) is 11.2 Å². The highest BCUT2D eigenvalue weighted by atomic mass is 16.7. The maximum atomic E-state index is 13.3. The maximum Gasteiger partial charge on any atom is 0.335 e. The summed E-state index contributed by atoms with van der Waals surface area (Å²) in [5.41, 5.74) is 1.36. The minimum Gasteiger partial charge on any atom is -0.382 e. The molecular weight excluding hydrogens is 1130 g/mol. The molecule has 0 atom stereocenters. The zero-order valence-corrected chi connectivity index (χ0v) is 49.7. The number of anilines is 1. The summed E-state index contributed by atoms with van der Waals surface area (Å²) < 4.78 is 66.0. The van der Waals surface area contributed by atoms with Crippen LogP contribution in [-0.2, 0) is 98.7 Å². The van der Waals surface area contributed by atoms with E-state index in [1.807, 2.05) is 46.3 Å².